The molecule has 4 nitrogen and oxygen atoms in total. The summed E-state index contributed by atoms with van der Waals surface area (Å²) in [7, 11) is 1.67. The molecular formula is C22H28N2O2S. The number of likely N-dealkylation sites (tertiary alicyclic amines) is 1. The van der Waals surface area contributed by atoms with Gasteiger partial charge in [0.25, 0.3) is 0 Å². The maximum absolute atomic E-state index is 12.6. The Labute approximate surface area is 165 Å². The number of rotatable bonds is 5. The minimum absolute atomic E-state index is 0.294. The van der Waals surface area contributed by atoms with E-state index >= 15 is 0 Å². The average molecular weight is 385 g/mol. The highest BCUT2D eigenvalue weighted by molar-refractivity contribution is 7.10. The van der Waals surface area contributed by atoms with Crippen molar-refractivity contribution in [1.29, 1.82) is 0 Å². The average Bonchev–Trinajstić information content (AvgIpc) is 3.20. The van der Waals surface area contributed by atoms with Gasteiger partial charge in [-0.25, -0.2) is 0 Å². The van der Waals surface area contributed by atoms with Gasteiger partial charge in [-0.1, -0.05) is 12.1 Å². The zero-order valence-corrected chi connectivity index (χ0v) is 16.8. The number of hydrogen-bond acceptors (Lipinski definition) is 4. The van der Waals surface area contributed by atoms with Crippen molar-refractivity contribution in [3.05, 3.63) is 51.7 Å². The summed E-state index contributed by atoms with van der Waals surface area (Å²) >= 11 is 1.90. The molecule has 27 heavy (non-hydrogen) atoms. The number of hydrogen-bond donors (Lipinski definition) is 0. The number of fused-ring (bicyclic) bond motifs is 1. The molecule has 0 N–H and O–H groups in total. The lowest BCUT2D eigenvalue weighted by Gasteiger charge is -2.40. The standard InChI is InChI=1S/C22H28N2O2S/c1-26-20-5-2-17(3-6-20)4-7-22(25)23-12-8-19(9-13-23)24-14-10-21-18(16-24)11-15-27-21/h2-3,5-6,11,15,19H,4,7-10,12-14,16H2,1H3. The molecule has 3 heterocycles. The van der Waals surface area contributed by atoms with E-state index in [1.807, 2.05) is 35.6 Å². The second-order valence-electron chi connectivity index (χ2n) is 7.55. The summed E-state index contributed by atoms with van der Waals surface area (Å²) in [6.07, 6.45) is 4.80. The summed E-state index contributed by atoms with van der Waals surface area (Å²) in [4.78, 5) is 18.9. The lowest BCUT2D eigenvalue weighted by atomic mass is 9.99. The quantitative estimate of drug-likeness (QED) is 0.787. The van der Waals surface area contributed by atoms with E-state index in [1.54, 1.807) is 12.0 Å². The second-order valence-corrected chi connectivity index (χ2v) is 8.55. The van der Waals surface area contributed by atoms with Gasteiger partial charge in [-0.2, -0.15) is 0 Å². The van der Waals surface area contributed by atoms with Gasteiger partial charge in [0.2, 0.25) is 5.91 Å². The predicted molar refractivity (Wildman–Crippen MR) is 109 cm³/mol. The first-order chi connectivity index (χ1) is 13.2. The van der Waals surface area contributed by atoms with Crippen LogP contribution >= 0.6 is 11.3 Å². The van der Waals surface area contributed by atoms with E-state index in [-0.39, 0.29) is 0 Å². The predicted octanol–water partition coefficient (Wildman–Crippen LogP) is 3.74. The fraction of sp³-hybridized carbons (Fsp3) is 0.500. The van der Waals surface area contributed by atoms with Gasteiger partial charge in [0, 0.05) is 43.5 Å². The van der Waals surface area contributed by atoms with E-state index in [1.165, 1.54) is 24.1 Å². The number of methoxy groups -OCH3 is 1. The highest BCUT2D eigenvalue weighted by atomic mass is 32.1. The van der Waals surface area contributed by atoms with E-state index in [4.69, 9.17) is 4.74 Å². The van der Waals surface area contributed by atoms with Crippen LogP contribution < -0.4 is 4.74 Å². The van der Waals surface area contributed by atoms with Gasteiger partial charge in [0.1, 0.15) is 5.75 Å². The number of amides is 1. The molecule has 1 saturated heterocycles. The van der Waals surface area contributed by atoms with E-state index in [0.29, 0.717) is 18.4 Å². The van der Waals surface area contributed by atoms with E-state index < -0.39 is 0 Å². The Morgan fingerprint density at radius 3 is 2.67 bits per heavy atom. The Morgan fingerprint density at radius 1 is 1.15 bits per heavy atom. The van der Waals surface area contributed by atoms with Gasteiger partial charge in [-0.05, 0) is 60.4 Å². The number of benzene rings is 1. The summed E-state index contributed by atoms with van der Waals surface area (Å²) in [5.74, 6) is 1.16. The number of carbonyl (C=O) groups excluding carboxylic acids is 1. The first-order valence-electron chi connectivity index (χ1n) is 9.93. The Bertz CT molecular complexity index is 763. The minimum Gasteiger partial charge on any atom is -0.497 e. The molecule has 0 bridgehead atoms. The molecule has 0 atom stereocenters. The highest BCUT2D eigenvalue weighted by Crippen LogP contribution is 2.28. The monoisotopic (exact) mass is 384 g/mol. The topological polar surface area (TPSA) is 32.8 Å². The Kier molecular flexibility index (Phi) is 5.79. The molecule has 0 spiro atoms. The molecule has 0 saturated carbocycles. The summed E-state index contributed by atoms with van der Waals surface area (Å²) in [6.45, 7) is 4.07. The van der Waals surface area contributed by atoms with E-state index in [0.717, 1.165) is 44.6 Å². The number of aryl methyl sites for hydroxylation is 1. The van der Waals surface area contributed by atoms with Crippen LogP contribution in [0.2, 0.25) is 0 Å². The maximum atomic E-state index is 12.6. The van der Waals surface area contributed by atoms with Gasteiger partial charge in [-0.3, -0.25) is 9.69 Å². The number of ether oxygens (including phenoxy) is 1. The third-order valence-corrected chi connectivity index (χ3v) is 6.98. The van der Waals surface area contributed by atoms with Gasteiger partial charge in [-0.15, -0.1) is 11.3 Å². The zero-order valence-electron chi connectivity index (χ0n) is 16.0. The molecule has 0 radical (unpaired) electrons. The fourth-order valence-electron chi connectivity index (χ4n) is 4.26. The number of piperidine rings is 1. The van der Waals surface area contributed by atoms with Crippen molar-refractivity contribution in [3.63, 3.8) is 0 Å². The maximum Gasteiger partial charge on any atom is 0.222 e. The van der Waals surface area contributed by atoms with Crippen molar-refractivity contribution in [1.82, 2.24) is 9.80 Å². The van der Waals surface area contributed by atoms with Crippen LogP contribution in [0.5, 0.6) is 5.75 Å². The minimum atomic E-state index is 0.294. The Balaban J connectivity index is 1.23. The van der Waals surface area contributed by atoms with Crippen LogP contribution in [0, 0.1) is 0 Å². The summed E-state index contributed by atoms with van der Waals surface area (Å²) in [5.41, 5.74) is 2.71. The van der Waals surface area contributed by atoms with Crippen LogP contribution in [0.25, 0.3) is 0 Å². The molecule has 1 fully saturated rings. The van der Waals surface area contributed by atoms with Gasteiger partial charge in [0.15, 0.2) is 0 Å². The van der Waals surface area contributed by atoms with Crippen LogP contribution in [0.4, 0.5) is 0 Å². The first-order valence-corrected chi connectivity index (χ1v) is 10.8. The molecule has 5 heteroatoms. The molecule has 2 aliphatic rings. The molecule has 1 amide bonds. The Morgan fingerprint density at radius 2 is 1.93 bits per heavy atom. The van der Waals surface area contributed by atoms with Gasteiger partial charge in [0.05, 0.1) is 7.11 Å². The van der Waals surface area contributed by atoms with E-state index in [2.05, 4.69) is 21.2 Å². The smallest absolute Gasteiger partial charge is 0.222 e. The lowest BCUT2D eigenvalue weighted by molar-refractivity contribution is -0.132. The van der Waals surface area contributed by atoms with Crippen LogP contribution in [-0.4, -0.2) is 48.5 Å². The molecule has 1 aromatic carbocycles. The second kappa shape index (κ2) is 8.44. The van der Waals surface area contributed by atoms with Crippen molar-refractivity contribution in [2.75, 3.05) is 26.7 Å². The Hall–Kier alpha value is -1.85. The summed E-state index contributed by atoms with van der Waals surface area (Å²) < 4.78 is 5.19. The molecular weight excluding hydrogens is 356 g/mol. The zero-order chi connectivity index (χ0) is 18.6. The summed E-state index contributed by atoms with van der Waals surface area (Å²) in [5, 5.41) is 2.22. The number of thiophene rings is 1. The third kappa shape index (κ3) is 4.36. The molecule has 1 aromatic heterocycles. The SMILES string of the molecule is COc1ccc(CCC(=O)N2CCC(N3CCc4sccc4C3)CC2)cc1. The molecule has 4 rings (SSSR count). The van der Waals surface area contributed by atoms with Crippen molar-refractivity contribution in [3.8, 4) is 5.75 Å². The van der Waals surface area contributed by atoms with Crippen LogP contribution in [0.3, 0.4) is 0 Å². The molecule has 144 valence electrons. The molecule has 2 aromatic rings. The largest absolute Gasteiger partial charge is 0.497 e. The van der Waals surface area contributed by atoms with Crippen LogP contribution in [0.1, 0.15) is 35.3 Å². The lowest BCUT2D eigenvalue weighted by Crippen LogP contribution is -2.47. The van der Waals surface area contributed by atoms with Crippen LogP contribution in [-0.2, 0) is 24.2 Å². The molecule has 0 unspecified atom stereocenters. The van der Waals surface area contributed by atoms with Crippen LogP contribution in [0.15, 0.2) is 35.7 Å². The number of nitrogens with zero attached hydrogens (tertiary/aromatic N) is 2. The van der Waals surface area contributed by atoms with Crippen molar-refractivity contribution >= 4 is 17.2 Å². The van der Waals surface area contributed by atoms with Gasteiger partial charge >= 0.3 is 0 Å². The normalized spacial score (nSPS) is 18.3. The van der Waals surface area contributed by atoms with E-state index in [9.17, 15) is 4.79 Å². The van der Waals surface area contributed by atoms with Gasteiger partial charge < -0.3 is 9.64 Å². The third-order valence-electron chi connectivity index (χ3n) is 5.96. The fourth-order valence-corrected chi connectivity index (χ4v) is 5.15. The highest BCUT2D eigenvalue weighted by Gasteiger charge is 2.29. The molecule has 2 aliphatic heterocycles. The summed E-state index contributed by atoms with van der Waals surface area (Å²) in [6, 6.07) is 10.9. The van der Waals surface area contributed by atoms with Crippen molar-refractivity contribution in [2.45, 2.75) is 44.7 Å². The first kappa shape index (κ1) is 18.5. The van der Waals surface area contributed by atoms with Crippen molar-refractivity contribution < 1.29 is 9.53 Å². The number of carbonyl (C=O) groups is 1. The van der Waals surface area contributed by atoms with Crippen molar-refractivity contribution in [2.24, 2.45) is 0 Å². The molecule has 0 aliphatic carbocycles.